The molecule has 0 aliphatic heterocycles. The molecule has 2 aromatic rings. The zero-order valence-corrected chi connectivity index (χ0v) is 16.8. The third-order valence-electron chi connectivity index (χ3n) is 6.00. The number of aryl methyl sites for hydroxylation is 1. The molecule has 1 aromatic heterocycles. The summed E-state index contributed by atoms with van der Waals surface area (Å²) in [7, 11) is 0. The maximum atomic E-state index is 14.2. The van der Waals surface area contributed by atoms with Crippen molar-refractivity contribution >= 4 is 11.4 Å². The van der Waals surface area contributed by atoms with Crippen molar-refractivity contribution < 1.29 is 4.39 Å². The van der Waals surface area contributed by atoms with Gasteiger partial charge in [-0.1, -0.05) is 27.7 Å². The lowest BCUT2D eigenvalue weighted by Gasteiger charge is -2.26. The highest BCUT2D eigenvalue weighted by molar-refractivity contribution is 6.03. The third kappa shape index (κ3) is 3.46. The second-order valence-electron chi connectivity index (χ2n) is 8.09. The lowest BCUT2D eigenvalue weighted by Crippen LogP contribution is -2.22. The topological polar surface area (TPSA) is 41.0 Å². The van der Waals surface area contributed by atoms with Crippen LogP contribution in [0.3, 0.4) is 0 Å². The molecule has 3 unspecified atom stereocenters. The quantitative estimate of drug-likeness (QED) is 0.702. The van der Waals surface area contributed by atoms with Crippen LogP contribution in [-0.2, 0) is 12.8 Å². The Labute approximate surface area is 156 Å². The predicted molar refractivity (Wildman–Crippen MR) is 106 cm³/mol. The first kappa shape index (κ1) is 18.8. The first-order chi connectivity index (χ1) is 12.3. The second-order valence-corrected chi connectivity index (χ2v) is 8.09. The summed E-state index contributed by atoms with van der Waals surface area (Å²) >= 11 is 0. The van der Waals surface area contributed by atoms with E-state index in [4.69, 9.17) is 4.99 Å². The Hall–Kier alpha value is -1.97. The first-order valence-corrected chi connectivity index (χ1v) is 9.73. The molecule has 1 aromatic carbocycles. The van der Waals surface area contributed by atoms with E-state index in [1.807, 2.05) is 13.0 Å². The Bertz CT molecular complexity index is 834. The zero-order chi connectivity index (χ0) is 19.0. The lowest BCUT2D eigenvalue weighted by molar-refractivity contribution is 0.358. The van der Waals surface area contributed by atoms with Crippen molar-refractivity contribution in [2.45, 2.75) is 60.8 Å². The van der Waals surface area contributed by atoms with Gasteiger partial charge in [0.2, 0.25) is 0 Å². The summed E-state index contributed by atoms with van der Waals surface area (Å²) in [4.78, 5) is 4.94. The van der Waals surface area contributed by atoms with Gasteiger partial charge in [0.05, 0.1) is 11.4 Å². The van der Waals surface area contributed by atoms with Crippen molar-refractivity contribution in [2.24, 2.45) is 22.7 Å². The van der Waals surface area contributed by atoms with Gasteiger partial charge in [0.15, 0.2) is 0 Å². The van der Waals surface area contributed by atoms with E-state index in [1.54, 1.807) is 13.0 Å². The molecule has 26 heavy (non-hydrogen) atoms. The van der Waals surface area contributed by atoms with Crippen LogP contribution in [0.25, 0.3) is 0 Å². The van der Waals surface area contributed by atoms with Crippen molar-refractivity contribution in [2.75, 3.05) is 0 Å². The second kappa shape index (κ2) is 7.34. The molecular weight excluding hydrogens is 325 g/mol. The van der Waals surface area contributed by atoms with E-state index in [-0.39, 0.29) is 11.7 Å². The van der Waals surface area contributed by atoms with Crippen LogP contribution < -0.4 is 0 Å². The number of hydrogen-bond acceptors (Lipinski definition) is 2. The van der Waals surface area contributed by atoms with Gasteiger partial charge < -0.3 is 0 Å². The van der Waals surface area contributed by atoms with Gasteiger partial charge in [0.1, 0.15) is 11.5 Å². The van der Waals surface area contributed by atoms with Crippen LogP contribution in [0.5, 0.6) is 0 Å². The summed E-state index contributed by atoms with van der Waals surface area (Å²) in [6, 6.07) is 3.53. The Kier molecular flexibility index (Phi) is 5.31. The number of halogens is 1. The summed E-state index contributed by atoms with van der Waals surface area (Å²) in [6.07, 6.45) is 3.04. The Morgan fingerprint density at radius 2 is 1.96 bits per heavy atom. The SMILES string of the molecule is CCC(C)C(=Nc1cc(C)cc(F)c1C)c1n[nH]c2c1CC(C)C(C)C2. The molecule has 1 aliphatic carbocycles. The van der Waals surface area contributed by atoms with Crippen LogP contribution >= 0.6 is 0 Å². The number of aromatic nitrogens is 2. The van der Waals surface area contributed by atoms with E-state index in [9.17, 15) is 4.39 Å². The van der Waals surface area contributed by atoms with E-state index < -0.39 is 0 Å². The number of aromatic amines is 1. The molecule has 4 heteroatoms. The molecule has 1 N–H and O–H groups in total. The molecule has 0 radical (unpaired) electrons. The van der Waals surface area contributed by atoms with Gasteiger partial charge in [-0.05, 0) is 62.6 Å². The molecule has 3 nitrogen and oxygen atoms in total. The number of H-pyrrole nitrogens is 1. The summed E-state index contributed by atoms with van der Waals surface area (Å²) in [5, 5.41) is 7.91. The molecule has 0 saturated heterocycles. The van der Waals surface area contributed by atoms with E-state index in [1.165, 1.54) is 11.3 Å². The average Bonchev–Trinajstić information content (AvgIpc) is 2.98. The summed E-state index contributed by atoms with van der Waals surface area (Å²) in [5.41, 5.74) is 6.71. The number of nitrogens with zero attached hydrogens (tertiary/aromatic N) is 2. The predicted octanol–water partition coefficient (Wildman–Crippen LogP) is 5.70. The van der Waals surface area contributed by atoms with Gasteiger partial charge >= 0.3 is 0 Å². The van der Waals surface area contributed by atoms with Gasteiger partial charge in [-0.2, -0.15) is 5.10 Å². The summed E-state index contributed by atoms with van der Waals surface area (Å²) in [6.45, 7) is 12.7. The van der Waals surface area contributed by atoms with Gasteiger partial charge in [-0.15, -0.1) is 0 Å². The van der Waals surface area contributed by atoms with Crippen molar-refractivity contribution in [1.82, 2.24) is 10.2 Å². The van der Waals surface area contributed by atoms with Crippen LogP contribution in [-0.4, -0.2) is 15.9 Å². The molecule has 0 fully saturated rings. The van der Waals surface area contributed by atoms with E-state index >= 15 is 0 Å². The maximum absolute atomic E-state index is 14.2. The van der Waals surface area contributed by atoms with Crippen LogP contribution in [0.1, 0.15) is 62.2 Å². The summed E-state index contributed by atoms with van der Waals surface area (Å²) < 4.78 is 14.2. The average molecular weight is 356 g/mol. The number of nitrogens with one attached hydrogen (secondary N) is 1. The number of hydrogen-bond donors (Lipinski definition) is 1. The van der Waals surface area contributed by atoms with Crippen molar-refractivity contribution in [3.8, 4) is 0 Å². The highest BCUT2D eigenvalue weighted by Crippen LogP contribution is 2.33. The molecule has 1 heterocycles. The van der Waals surface area contributed by atoms with Gasteiger partial charge in [0.25, 0.3) is 0 Å². The van der Waals surface area contributed by atoms with Gasteiger partial charge in [0, 0.05) is 22.7 Å². The molecule has 3 atom stereocenters. The van der Waals surface area contributed by atoms with Crippen LogP contribution in [0.2, 0.25) is 0 Å². The molecule has 0 amide bonds. The molecule has 3 rings (SSSR count). The van der Waals surface area contributed by atoms with Crippen molar-refractivity contribution in [3.63, 3.8) is 0 Å². The highest BCUT2D eigenvalue weighted by atomic mass is 19.1. The molecule has 1 aliphatic rings. The van der Waals surface area contributed by atoms with Crippen LogP contribution in [0.15, 0.2) is 17.1 Å². The first-order valence-electron chi connectivity index (χ1n) is 9.73. The zero-order valence-electron chi connectivity index (χ0n) is 16.8. The lowest BCUT2D eigenvalue weighted by atomic mass is 9.79. The Morgan fingerprint density at radius 1 is 1.27 bits per heavy atom. The fraction of sp³-hybridized carbons (Fsp3) is 0.545. The highest BCUT2D eigenvalue weighted by Gasteiger charge is 2.29. The van der Waals surface area contributed by atoms with E-state index in [0.717, 1.165) is 36.2 Å². The molecule has 140 valence electrons. The number of rotatable bonds is 4. The smallest absolute Gasteiger partial charge is 0.128 e. The molecule has 0 spiro atoms. The normalized spacial score (nSPS) is 21.6. The van der Waals surface area contributed by atoms with E-state index in [2.05, 4.69) is 37.9 Å². The maximum Gasteiger partial charge on any atom is 0.128 e. The molecular formula is C22H30FN3. The Morgan fingerprint density at radius 3 is 2.65 bits per heavy atom. The van der Waals surface area contributed by atoms with Crippen LogP contribution in [0.4, 0.5) is 10.1 Å². The monoisotopic (exact) mass is 355 g/mol. The van der Waals surface area contributed by atoms with Gasteiger partial charge in [-0.25, -0.2) is 4.39 Å². The van der Waals surface area contributed by atoms with E-state index in [0.29, 0.717) is 23.1 Å². The standard InChI is InChI=1S/C22H30FN3/c1-7-13(3)21(24-19-9-12(2)8-18(23)16(19)6)22-17-10-14(4)15(5)11-20(17)25-26-22/h8-9,13-15H,7,10-11H2,1-6H3,(H,25,26). The molecule has 0 bridgehead atoms. The number of benzene rings is 1. The largest absolute Gasteiger partial charge is 0.282 e. The number of aliphatic imine (C=N–C) groups is 1. The van der Waals surface area contributed by atoms with Crippen molar-refractivity contribution in [3.05, 3.63) is 46.0 Å². The third-order valence-corrected chi connectivity index (χ3v) is 6.00. The van der Waals surface area contributed by atoms with Crippen molar-refractivity contribution in [1.29, 1.82) is 0 Å². The van der Waals surface area contributed by atoms with Crippen LogP contribution in [0, 0.1) is 37.4 Å². The fourth-order valence-electron chi connectivity index (χ4n) is 3.68. The Balaban J connectivity index is 2.12. The molecule has 0 saturated carbocycles. The summed E-state index contributed by atoms with van der Waals surface area (Å²) in [5.74, 6) is 1.36. The number of fused-ring (bicyclic) bond motifs is 1. The fourth-order valence-corrected chi connectivity index (χ4v) is 3.68. The minimum Gasteiger partial charge on any atom is -0.282 e. The minimum atomic E-state index is -0.196. The van der Waals surface area contributed by atoms with Gasteiger partial charge in [-0.3, -0.25) is 10.1 Å². The minimum absolute atomic E-state index is 0.196.